The number of ether oxygens (including phenoxy) is 1. The van der Waals surface area contributed by atoms with Crippen LogP contribution in [0.25, 0.3) is 0 Å². The van der Waals surface area contributed by atoms with E-state index in [1.54, 1.807) is 12.1 Å². The van der Waals surface area contributed by atoms with Gasteiger partial charge in [-0.3, -0.25) is 4.79 Å². The number of aromatic nitrogens is 1. The maximum absolute atomic E-state index is 12.2. The highest BCUT2D eigenvalue weighted by atomic mass is 16.5. The van der Waals surface area contributed by atoms with Crippen molar-refractivity contribution in [3.8, 4) is 11.6 Å². The first-order valence-electron chi connectivity index (χ1n) is 7.88. The number of hydrogen-bond acceptors (Lipinski definition) is 4. The number of nitrogens with one attached hydrogen (secondary N) is 1. The number of carbonyl (C=O) groups is 1. The predicted octanol–water partition coefficient (Wildman–Crippen LogP) is 2.91. The van der Waals surface area contributed by atoms with Gasteiger partial charge in [-0.05, 0) is 43.9 Å². The average molecular weight is 312 g/mol. The molecule has 23 heavy (non-hydrogen) atoms. The Balaban J connectivity index is 1.57. The molecule has 0 bridgehead atoms. The van der Waals surface area contributed by atoms with Gasteiger partial charge in [-0.25, -0.2) is 4.98 Å². The van der Waals surface area contributed by atoms with E-state index >= 15 is 0 Å². The summed E-state index contributed by atoms with van der Waals surface area (Å²) < 4.78 is 5.60. The van der Waals surface area contributed by atoms with Gasteiger partial charge in [0.05, 0.1) is 11.7 Å². The fourth-order valence-electron chi connectivity index (χ4n) is 2.67. The molecule has 1 aliphatic rings. The molecule has 1 saturated carbocycles. The predicted molar refractivity (Wildman–Crippen MR) is 86.5 cm³/mol. The van der Waals surface area contributed by atoms with Gasteiger partial charge in [0.15, 0.2) is 0 Å². The molecule has 5 nitrogen and oxygen atoms in total. The summed E-state index contributed by atoms with van der Waals surface area (Å²) in [5, 5.41) is 12.5. The molecule has 120 valence electrons. The number of benzene rings is 1. The van der Waals surface area contributed by atoms with Gasteiger partial charge in [0.2, 0.25) is 5.88 Å². The zero-order chi connectivity index (χ0) is 16.1. The average Bonchev–Trinajstić information content (AvgIpc) is 2.58. The minimum atomic E-state index is -0.223. The second-order valence-electron chi connectivity index (χ2n) is 5.78. The topological polar surface area (TPSA) is 71.5 Å². The van der Waals surface area contributed by atoms with Crippen LogP contribution in [0.5, 0.6) is 11.6 Å². The lowest BCUT2D eigenvalue weighted by Gasteiger charge is -2.26. The molecule has 5 heteroatoms. The van der Waals surface area contributed by atoms with Crippen LogP contribution in [0.4, 0.5) is 0 Å². The summed E-state index contributed by atoms with van der Waals surface area (Å²) in [7, 11) is 0. The largest absolute Gasteiger partial charge is 0.439 e. The van der Waals surface area contributed by atoms with Gasteiger partial charge >= 0.3 is 0 Å². The Kier molecular flexibility index (Phi) is 4.88. The highest BCUT2D eigenvalue weighted by Gasteiger charge is 2.21. The minimum Gasteiger partial charge on any atom is -0.439 e. The Morgan fingerprint density at radius 3 is 2.48 bits per heavy atom. The number of para-hydroxylation sites is 1. The Hall–Kier alpha value is -2.40. The molecule has 0 unspecified atom stereocenters. The summed E-state index contributed by atoms with van der Waals surface area (Å²) in [4.78, 5) is 16.4. The molecule has 0 saturated heterocycles. The van der Waals surface area contributed by atoms with Crippen molar-refractivity contribution in [2.75, 3.05) is 0 Å². The van der Waals surface area contributed by atoms with Crippen molar-refractivity contribution < 1.29 is 14.6 Å². The van der Waals surface area contributed by atoms with Crippen molar-refractivity contribution in [3.05, 3.63) is 54.2 Å². The van der Waals surface area contributed by atoms with Crippen LogP contribution in [0.2, 0.25) is 0 Å². The van der Waals surface area contributed by atoms with E-state index in [9.17, 15) is 9.90 Å². The third-order valence-corrected chi connectivity index (χ3v) is 4.00. The summed E-state index contributed by atoms with van der Waals surface area (Å²) >= 11 is 0. The van der Waals surface area contributed by atoms with E-state index in [4.69, 9.17) is 4.74 Å². The fourth-order valence-corrected chi connectivity index (χ4v) is 2.67. The monoisotopic (exact) mass is 312 g/mol. The second kappa shape index (κ2) is 7.24. The number of amides is 1. The molecule has 1 aromatic heterocycles. The van der Waals surface area contributed by atoms with Crippen LogP contribution in [0.15, 0.2) is 48.7 Å². The normalized spacial score (nSPS) is 20.7. The Labute approximate surface area is 135 Å². The SMILES string of the molecule is O=C(NC1CCC(O)CC1)c1ccc(Oc2ccccc2)nc1. The molecule has 2 N–H and O–H groups in total. The molecule has 0 spiro atoms. The lowest BCUT2D eigenvalue weighted by atomic mass is 9.93. The Bertz CT molecular complexity index is 635. The first kappa shape index (κ1) is 15.5. The lowest BCUT2D eigenvalue weighted by Crippen LogP contribution is -2.38. The second-order valence-corrected chi connectivity index (χ2v) is 5.78. The third kappa shape index (κ3) is 4.29. The number of nitrogens with zero attached hydrogens (tertiary/aromatic N) is 1. The summed E-state index contributed by atoms with van der Waals surface area (Å²) in [6.45, 7) is 0. The molecule has 0 radical (unpaired) electrons. The van der Waals surface area contributed by atoms with E-state index in [1.165, 1.54) is 6.20 Å². The number of hydrogen-bond donors (Lipinski definition) is 2. The van der Waals surface area contributed by atoms with E-state index in [-0.39, 0.29) is 18.1 Å². The van der Waals surface area contributed by atoms with Crippen molar-refractivity contribution >= 4 is 5.91 Å². The number of carbonyl (C=O) groups excluding carboxylic acids is 1. The first-order valence-corrected chi connectivity index (χ1v) is 7.88. The summed E-state index contributed by atoms with van der Waals surface area (Å²) in [5.41, 5.74) is 0.511. The van der Waals surface area contributed by atoms with Gasteiger partial charge in [-0.2, -0.15) is 0 Å². The van der Waals surface area contributed by atoms with Crippen LogP contribution in [0.1, 0.15) is 36.0 Å². The zero-order valence-corrected chi connectivity index (χ0v) is 12.8. The van der Waals surface area contributed by atoms with Crippen molar-refractivity contribution in [1.29, 1.82) is 0 Å². The molecule has 0 atom stereocenters. The van der Waals surface area contributed by atoms with Gasteiger partial charge in [-0.15, -0.1) is 0 Å². The van der Waals surface area contributed by atoms with Gasteiger partial charge in [0, 0.05) is 18.3 Å². The van der Waals surface area contributed by atoms with Gasteiger partial charge < -0.3 is 15.2 Å². The maximum Gasteiger partial charge on any atom is 0.253 e. The molecule has 1 aromatic carbocycles. The Morgan fingerprint density at radius 2 is 1.83 bits per heavy atom. The Morgan fingerprint density at radius 1 is 1.09 bits per heavy atom. The van der Waals surface area contributed by atoms with E-state index < -0.39 is 0 Å². The van der Waals surface area contributed by atoms with E-state index in [0.29, 0.717) is 17.2 Å². The fraction of sp³-hybridized carbons (Fsp3) is 0.333. The van der Waals surface area contributed by atoms with Crippen LogP contribution in [-0.2, 0) is 0 Å². The number of pyridine rings is 1. The van der Waals surface area contributed by atoms with Crippen molar-refractivity contribution in [2.45, 2.75) is 37.8 Å². The van der Waals surface area contributed by atoms with Crippen molar-refractivity contribution in [2.24, 2.45) is 0 Å². The molecule has 1 aliphatic carbocycles. The number of aliphatic hydroxyl groups is 1. The van der Waals surface area contributed by atoms with Crippen LogP contribution >= 0.6 is 0 Å². The van der Waals surface area contributed by atoms with E-state index in [1.807, 2.05) is 30.3 Å². The molecule has 3 rings (SSSR count). The summed E-state index contributed by atoms with van der Waals surface area (Å²) in [6, 6.07) is 12.9. The quantitative estimate of drug-likeness (QED) is 0.910. The highest BCUT2D eigenvalue weighted by Crippen LogP contribution is 2.20. The van der Waals surface area contributed by atoms with E-state index in [2.05, 4.69) is 10.3 Å². The summed E-state index contributed by atoms with van der Waals surface area (Å²) in [6.07, 6.45) is 4.41. The van der Waals surface area contributed by atoms with E-state index in [0.717, 1.165) is 25.7 Å². The van der Waals surface area contributed by atoms with Crippen LogP contribution < -0.4 is 10.1 Å². The smallest absolute Gasteiger partial charge is 0.253 e. The molecule has 2 aromatic rings. The zero-order valence-electron chi connectivity index (χ0n) is 12.8. The molecular weight excluding hydrogens is 292 g/mol. The third-order valence-electron chi connectivity index (χ3n) is 4.00. The van der Waals surface area contributed by atoms with Crippen molar-refractivity contribution in [1.82, 2.24) is 10.3 Å². The minimum absolute atomic E-state index is 0.131. The standard InChI is InChI=1S/C18H20N2O3/c21-15-9-7-14(8-10-15)20-18(22)13-6-11-17(19-12-13)23-16-4-2-1-3-5-16/h1-6,11-12,14-15,21H,7-10H2,(H,20,22). The molecular formula is C18H20N2O3. The van der Waals surface area contributed by atoms with Crippen LogP contribution in [-0.4, -0.2) is 28.1 Å². The molecule has 1 amide bonds. The van der Waals surface area contributed by atoms with Gasteiger partial charge in [0.25, 0.3) is 5.91 Å². The number of aliphatic hydroxyl groups excluding tert-OH is 1. The number of rotatable bonds is 4. The molecule has 0 aliphatic heterocycles. The van der Waals surface area contributed by atoms with Gasteiger partial charge in [0.1, 0.15) is 5.75 Å². The highest BCUT2D eigenvalue weighted by molar-refractivity contribution is 5.94. The first-order chi connectivity index (χ1) is 11.2. The molecule has 1 fully saturated rings. The van der Waals surface area contributed by atoms with Gasteiger partial charge in [-0.1, -0.05) is 18.2 Å². The maximum atomic E-state index is 12.2. The van der Waals surface area contributed by atoms with Crippen LogP contribution in [0, 0.1) is 0 Å². The molecule has 1 heterocycles. The summed E-state index contributed by atoms with van der Waals surface area (Å²) in [5.74, 6) is 1.02. The van der Waals surface area contributed by atoms with Crippen LogP contribution in [0.3, 0.4) is 0 Å². The lowest BCUT2D eigenvalue weighted by molar-refractivity contribution is 0.0867. The van der Waals surface area contributed by atoms with Crippen molar-refractivity contribution in [3.63, 3.8) is 0 Å².